The number of para-hydroxylation sites is 1. The summed E-state index contributed by atoms with van der Waals surface area (Å²) in [7, 11) is -3.77. The number of nitrogens with zero attached hydrogens (tertiary/aromatic N) is 1. The van der Waals surface area contributed by atoms with Crippen molar-refractivity contribution in [3.8, 4) is 5.75 Å². The van der Waals surface area contributed by atoms with Crippen LogP contribution in [0.3, 0.4) is 0 Å². The van der Waals surface area contributed by atoms with E-state index in [4.69, 9.17) is 4.74 Å². The molecule has 2 heterocycles. The van der Waals surface area contributed by atoms with Crippen LogP contribution >= 0.6 is 0 Å². The fraction of sp³-hybridized carbons (Fsp3) is 0.417. The molecule has 8 nitrogen and oxygen atoms in total. The number of piperidine rings is 1. The van der Waals surface area contributed by atoms with E-state index in [1.165, 1.54) is 10.4 Å². The minimum absolute atomic E-state index is 0.0824. The third-order valence-electron chi connectivity index (χ3n) is 6.31. The summed E-state index contributed by atoms with van der Waals surface area (Å²) in [6.45, 7) is 6.00. The molecule has 1 fully saturated rings. The topological polar surface area (TPSA) is 105 Å². The Bertz CT molecular complexity index is 1190. The van der Waals surface area contributed by atoms with Gasteiger partial charge in [0.25, 0.3) is 5.91 Å². The molecule has 2 aliphatic heterocycles. The Morgan fingerprint density at radius 3 is 2.52 bits per heavy atom. The molecule has 33 heavy (non-hydrogen) atoms. The molecule has 2 amide bonds. The number of rotatable bonds is 5. The van der Waals surface area contributed by atoms with E-state index < -0.39 is 16.1 Å². The zero-order valence-corrected chi connectivity index (χ0v) is 19.9. The summed E-state index contributed by atoms with van der Waals surface area (Å²) in [5, 5.41) is 5.75. The molecular weight excluding hydrogens is 442 g/mol. The fourth-order valence-electron chi connectivity index (χ4n) is 4.28. The number of nitrogens with one attached hydrogen (secondary N) is 2. The van der Waals surface area contributed by atoms with Crippen LogP contribution in [-0.4, -0.2) is 43.7 Å². The van der Waals surface area contributed by atoms with Crippen LogP contribution in [0.4, 0.5) is 11.4 Å². The Morgan fingerprint density at radius 1 is 1.15 bits per heavy atom. The molecule has 1 saturated heterocycles. The van der Waals surface area contributed by atoms with Crippen LogP contribution in [0.25, 0.3) is 0 Å². The zero-order chi connectivity index (χ0) is 23.8. The standard InChI is InChI=1S/C24H29N3O5S/c1-4-20-24(29)26-19-13-16(3)22(14-21(19)32-20)33(30,31)27-11-9-17(10-12-27)23(28)25-18-8-6-5-7-15(18)2/h5-8,13-14,17,20H,4,9-12H2,1-3H3,(H,25,28)(H,26,29). The van der Waals surface area contributed by atoms with Crippen LogP contribution in [0, 0.1) is 19.8 Å². The number of ether oxygens (including phenoxy) is 1. The molecule has 2 aliphatic rings. The van der Waals surface area contributed by atoms with E-state index in [-0.39, 0.29) is 35.7 Å². The minimum Gasteiger partial charge on any atom is -0.478 e. The number of fused-ring (bicyclic) bond motifs is 1. The number of anilines is 2. The second kappa shape index (κ2) is 9.15. The fourth-order valence-corrected chi connectivity index (χ4v) is 5.97. The summed E-state index contributed by atoms with van der Waals surface area (Å²) in [5.74, 6) is -0.199. The lowest BCUT2D eigenvalue weighted by Gasteiger charge is -2.32. The third kappa shape index (κ3) is 4.60. The van der Waals surface area contributed by atoms with Crippen molar-refractivity contribution >= 4 is 33.2 Å². The van der Waals surface area contributed by atoms with E-state index in [2.05, 4.69) is 10.6 Å². The Labute approximate surface area is 194 Å². The molecule has 0 aliphatic carbocycles. The summed E-state index contributed by atoms with van der Waals surface area (Å²) >= 11 is 0. The van der Waals surface area contributed by atoms with Crippen molar-refractivity contribution in [3.05, 3.63) is 47.5 Å². The van der Waals surface area contributed by atoms with E-state index in [1.54, 1.807) is 13.0 Å². The third-order valence-corrected chi connectivity index (χ3v) is 8.35. The molecule has 1 atom stereocenters. The van der Waals surface area contributed by atoms with E-state index in [0.29, 0.717) is 36.3 Å². The highest BCUT2D eigenvalue weighted by molar-refractivity contribution is 7.89. The highest BCUT2D eigenvalue weighted by Gasteiger charge is 2.35. The average molecular weight is 472 g/mol. The first-order valence-corrected chi connectivity index (χ1v) is 12.6. The summed E-state index contributed by atoms with van der Waals surface area (Å²) < 4.78 is 34.0. The first-order chi connectivity index (χ1) is 15.7. The van der Waals surface area contributed by atoms with Crippen molar-refractivity contribution in [2.75, 3.05) is 23.7 Å². The van der Waals surface area contributed by atoms with E-state index in [9.17, 15) is 18.0 Å². The number of carbonyl (C=O) groups excluding carboxylic acids is 2. The molecule has 9 heteroatoms. The number of hydrogen-bond donors (Lipinski definition) is 2. The van der Waals surface area contributed by atoms with Crippen molar-refractivity contribution in [3.63, 3.8) is 0 Å². The SMILES string of the molecule is CCC1Oc2cc(S(=O)(=O)N3CCC(C(=O)Nc4ccccc4C)CC3)c(C)cc2NC1=O. The number of hydrogen-bond acceptors (Lipinski definition) is 5. The van der Waals surface area contributed by atoms with Crippen LogP contribution in [0.1, 0.15) is 37.3 Å². The normalized spacial score (nSPS) is 19.4. The van der Waals surface area contributed by atoms with E-state index in [1.807, 2.05) is 38.1 Å². The molecule has 0 bridgehead atoms. The summed E-state index contributed by atoms with van der Waals surface area (Å²) in [4.78, 5) is 24.9. The van der Waals surface area contributed by atoms with Crippen LogP contribution in [0.2, 0.25) is 0 Å². The van der Waals surface area contributed by atoms with Gasteiger partial charge in [0.2, 0.25) is 15.9 Å². The number of benzene rings is 2. The molecule has 1 unspecified atom stereocenters. The molecule has 0 saturated carbocycles. The first-order valence-electron chi connectivity index (χ1n) is 11.2. The number of carbonyl (C=O) groups is 2. The van der Waals surface area contributed by atoms with Crippen LogP contribution in [0.5, 0.6) is 5.75 Å². The van der Waals surface area contributed by atoms with Gasteiger partial charge in [0.1, 0.15) is 5.75 Å². The second-order valence-electron chi connectivity index (χ2n) is 8.60. The molecule has 176 valence electrons. The highest BCUT2D eigenvalue weighted by atomic mass is 32.2. The highest BCUT2D eigenvalue weighted by Crippen LogP contribution is 2.36. The van der Waals surface area contributed by atoms with Crippen molar-refractivity contribution in [2.45, 2.75) is 51.0 Å². The quantitative estimate of drug-likeness (QED) is 0.695. The Kier molecular flexibility index (Phi) is 6.45. The Balaban J connectivity index is 1.47. The molecule has 2 aromatic rings. The van der Waals surface area contributed by atoms with Gasteiger partial charge < -0.3 is 15.4 Å². The Morgan fingerprint density at radius 2 is 1.85 bits per heavy atom. The summed E-state index contributed by atoms with van der Waals surface area (Å²) in [6, 6.07) is 10.7. The van der Waals surface area contributed by atoms with Gasteiger partial charge in [-0.1, -0.05) is 25.1 Å². The van der Waals surface area contributed by atoms with Crippen LogP contribution < -0.4 is 15.4 Å². The van der Waals surface area contributed by atoms with Gasteiger partial charge in [0, 0.05) is 30.8 Å². The van der Waals surface area contributed by atoms with Gasteiger partial charge in [-0.3, -0.25) is 9.59 Å². The monoisotopic (exact) mass is 471 g/mol. The molecular formula is C24H29N3O5S. The molecule has 0 aromatic heterocycles. The lowest BCUT2D eigenvalue weighted by molar-refractivity contribution is -0.123. The smallest absolute Gasteiger partial charge is 0.265 e. The van der Waals surface area contributed by atoms with E-state index in [0.717, 1.165) is 11.3 Å². The van der Waals surface area contributed by atoms with Crippen molar-refractivity contribution in [1.82, 2.24) is 4.31 Å². The van der Waals surface area contributed by atoms with Gasteiger partial charge in [-0.15, -0.1) is 0 Å². The predicted molar refractivity (Wildman–Crippen MR) is 126 cm³/mol. The number of amides is 2. The van der Waals surface area contributed by atoms with Gasteiger partial charge in [-0.05, 0) is 56.4 Å². The van der Waals surface area contributed by atoms with Gasteiger partial charge >= 0.3 is 0 Å². The minimum atomic E-state index is -3.77. The average Bonchev–Trinajstić information content (AvgIpc) is 2.79. The summed E-state index contributed by atoms with van der Waals surface area (Å²) in [6.07, 6.45) is 0.745. The molecule has 2 aromatic carbocycles. The molecule has 4 rings (SSSR count). The predicted octanol–water partition coefficient (Wildman–Crippen LogP) is 3.45. The number of aryl methyl sites for hydroxylation is 2. The molecule has 0 radical (unpaired) electrons. The zero-order valence-electron chi connectivity index (χ0n) is 19.1. The molecule has 0 spiro atoms. The van der Waals surface area contributed by atoms with Crippen LogP contribution in [0.15, 0.2) is 41.3 Å². The van der Waals surface area contributed by atoms with Crippen molar-refractivity contribution in [2.24, 2.45) is 5.92 Å². The molecule has 2 N–H and O–H groups in total. The van der Waals surface area contributed by atoms with Crippen molar-refractivity contribution in [1.29, 1.82) is 0 Å². The summed E-state index contributed by atoms with van der Waals surface area (Å²) in [5.41, 5.74) is 2.77. The maximum atomic E-state index is 13.4. The lowest BCUT2D eigenvalue weighted by Crippen LogP contribution is -2.41. The van der Waals surface area contributed by atoms with Crippen molar-refractivity contribution < 1.29 is 22.7 Å². The van der Waals surface area contributed by atoms with Gasteiger partial charge in [-0.2, -0.15) is 4.31 Å². The van der Waals surface area contributed by atoms with Gasteiger partial charge in [0.15, 0.2) is 6.10 Å². The van der Waals surface area contributed by atoms with Gasteiger partial charge in [-0.25, -0.2) is 8.42 Å². The second-order valence-corrected chi connectivity index (χ2v) is 10.5. The maximum Gasteiger partial charge on any atom is 0.265 e. The van der Waals surface area contributed by atoms with Crippen LogP contribution in [-0.2, 0) is 19.6 Å². The Hall–Kier alpha value is -2.91. The maximum absolute atomic E-state index is 13.4. The number of sulfonamides is 1. The van der Waals surface area contributed by atoms with E-state index >= 15 is 0 Å². The first kappa shape index (κ1) is 23.3. The lowest BCUT2D eigenvalue weighted by atomic mass is 9.97. The van der Waals surface area contributed by atoms with Gasteiger partial charge in [0.05, 0.1) is 10.6 Å². The largest absolute Gasteiger partial charge is 0.478 e.